The summed E-state index contributed by atoms with van der Waals surface area (Å²) in [4.78, 5) is 25.5. The van der Waals surface area contributed by atoms with E-state index in [1.54, 1.807) is 19.1 Å². The van der Waals surface area contributed by atoms with Gasteiger partial charge in [-0.2, -0.15) is 0 Å². The average molecular weight is 216 g/mol. The SMILES string of the molecule is Cc1c(N)ccc2c1C(=O)N(C1CC1)C2=O. The highest BCUT2D eigenvalue weighted by Crippen LogP contribution is 2.36. The molecule has 0 unspecified atom stereocenters. The molecule has 1 aromatic carbocycles. The summed E-state index contributed by atoms with van der Waals surface area (Å²) >= 11 is 0. The number of nitrogen functional groups attached to an aromatic ring is 1. The highest BCUT2D eigenvalue weighted by Gasteiger charge is 2.45. The zero-order valence-corrected chi connectivity index (χ0v) is 8.99. The van der Waals surface area contributed by atoms with Crippen LogP contribution in [0.4, 0.5) is 5.69 Å². The normalized spacial score (nSPS) is 19.2. The molecule has 3 rings (SSSR count). The lowest BCUT2D eigenvalue weighted by Crippen LogP contribution is -2.31. The van der Waals surface area contributed by atoms with Crippen molar-refractivity contribution in [3.05, 3.63) is 28.8 Å². The monoisotopic (exact) mass is 216 g/mol. The Bertz CT molecular complexity index is 518. The molecule has 1 heterocycles. The van der Waals surface area contributed by atoms with Crippen LogP contribution in [0.1, 0.15) is 39.1 Å². The van der Waals surface area contributed by atoms with Gasteiger partial charge in [-0.1, -0.05) is 0 Å². The number of amides is 2. The molecule has 0 saturated heterocycles. The van der Waals surface area contributed by atoms with E-state index in [-0.39, 0.29) is 17.9 Å². The van der Waals surface area contributed by atoms with Crippen LogP contribution in [0.25, 0.3) is 0 Å². The van der Waals surface area contributed by atoms with Gasteiger partial charge in [0.1, 0.15) is 0 Å². The summed E-state index contributed by atoms with van der Waals surface area (Å²) < 4.78 is 0. The molecule has 1 aromatic rings. The first-order valence-corrected chi connectivity index (χ1v) is 5.38. The number of nitrogens with two attached hydrogens (primary N) is 1. The number of benzene rings is 1. The number of fused-ring (bicyclic) bond motifs is 1. The largest absolute Gasteiger partial charge is 0.398 e. The minimum atomic E-state index is -0.174. The zero-order valence-electron chi connectivity index (χ0n) is 8.99. The Labute approximate surface area is 93.0 Å². The van der Waals surface area contributed by atoms with Crippen LogP contribution in [0.3, 0.4) is 0 Å². The lowest BCUT2D eigenvalue weighted by atomic mass is 10.0. The van der Waals surface area contributed by atoms with Crippen molar-refractivity contribution in [2.75, 3.05) is 5.73 Å². The number of carbonyl (C=O) groups excluding carboxylic acids is 2. The van der Waals surface area contributed by atoms with Gasteiger partial charge in [0.05, 0.1) is 11.1 Å². The van der Waals surface area contributed by atoms with E-state index in [1.165, 1.54) is 4.90 Å². The van der Waals surface area contributed by atoms with Crippen molar-refractivity contribution >= 4 is 17.5 Å². The second-order valence-corrected chi connectivity index (χ2v) is 4.41. The molecule has 4 heteroatoms. The molecule has 0 spiro atoms. The summed E-state index contributed by atoms with van der Waals surface area (Å²) in [7, 11) is 0. The molecule has 0 bridgehead atoms. The maximum absolute atomic E-state index is 12.1. The van der Waals surface area contributed by atoms with Gasteiger partial charge in [-0.3, -0.25) is 14.5 Å². The fourth-order valence-electron chi connectivity index (χ4n) is 2.19. The molecule has 4 nitrogen and oxygen atoms in total. The van der Waals surface area contributed by atoms with Crippen molar-refractivity contribution in [2.45, 2.75) is 25.8 Å². The molecule has 1 aliphatic carbocycles. The summed E-state index contributed by atoms with van der Waals surface area (Å²) in [6.07, 6.45) is 1.86. The van der Waals surface area contributed by atoms with Gasteiger partial charge >= 0.3 is 0 Å². The fourth-order valence-corrected chi connectivity index (χ4v) is 2.19. The van der Waals surface area contributed by atoms with Crippen LogP contribution in [-0.4, -0.2) is 22.8 Å². The summed E-state index contributed by atoms with van der Waals surface area (Å²) in [5, 5.41) is 0. The third kappa shape index (κ3) is 1.04. The Balaban J connectivity index is 2.18. The van der Waals surface area contributed by atoms with E-state index in [4.69, 9.17) is 5.73 Å². The van der Waals surface area contributed by atoms with Crippen molar-refractivity contribution in [3.8, 4) is 0 Å². The van der Waals surface area contributed by atoms with Gasteiger partial charge in [0, 0.05) is 11.7 Å². The van der Waals surface area contributed by atoms with E-state index in [9.17, 15) is 9.59 Å². The maximum atomic E-state index is 12.1. The van der Waals surface area contributed by atoms with Gasteiger partial charge in [0.2, 0.25) is 0 Å². The second kappa shape index (κ2) is 2.84. The molecule has 1 fully saturated rings. The Morgan fingerprint density at radius 1 is 1.25 bits per heavy atom. The predicted octanol–water partition coefficient (Wildman–Crippen LogP) is 1.34. The molecule has 0 radical (unpaired) electrons. The van der Waals surface area contributed by atoms with Crippen molar-refractivity contribution in [1.82, 2.24) is 4.90 Å². The summed E-state index contributed by atoms with van der Waals surface area (Å²) in [5.74, 6) is -0.335. The fraction of sp³-hybridized carbons (Fsp3) is 0.333. The number of hydrogen-bond acceptors (Lipinski definition) is 3. The van der Waals surface area contributed by atoms with Crippen LogP contribution < -0.4 is 5.73 Å². The molecular weight excluding hydrogens is 204 g/mol. The Morgan fingerprint density at radius 2 is 1.94 bits per heavy atom. The first-order chi connectivity index (χ1) is 7.61. The number of imide groups is 1. The molecule has 82 valence electrons. The van der Waals surface area contributed by atoms with Crippen LogP contribution in [0.5, 0.6) is 0 Å². The molecular formula is C12H12N2O2. The molecule has 0 atom stereocenters. The van der Waals surface area contributed by atoms with Gasteiger partial charge in [-0.15, -0.1) is 0 Å². The first kappa shape index (κ1) is 9.39. The third-order valence-electron chi connectivity index (χ3n) is 3.30. The van der Waals surface area contributed by atoms with E-state index in [2.05, 4.69) is 0 Å². The zero-order chi connectivity index (χ0) is 11.4. The molecule has 2 amide bonds. The van der Waals surface area contributed by atoms with Crippen molar-refractivity contribution < 1.29 is 9.59 Å². The van der Waals surface area contributed by atoms with Crippen LogP contribution in [0, 0.1) is 6.92 Å². The summed E-state index contributed by atoms with van der Waals surface area (Å²) in [5.41, 5.74) is 8.04. The quantitative estimate of drug-likeness (QED) is 0.569. The predicted molar refractivity (Wildman–Crippen MR) is 59.1 cm³/mol. The maximum Gasteiger partial charge on any atom is 0.262 e. The van der Waals surface area contributed by atoms with Gasteiger partial charge < -0.3 is 5.73 Å². The lowest BCUT2D eigenvalue weighted by Gasteiger charge is -2.11. The van der Waals surface area contributed by atoms with E-state index < -0.39 is 0 Å². The van der Waals surface area contributed by atoms with Crippen LogP contribution >= 0.6 is 0 Å². The highest BCUT2D eigenvalue weighted by atomic mass is 16.2. The number of nitrogens with zero attached hydrogens (tertiary/aromatic N) is 1. The molecule has 1 saturated carbocycles. The van der Waals surface area contributed by atoms with E-state index in [1.807, 2.05) is 0 Å². The van der Waals surface area contributed by atoms with Gasteiger partial charge in [-0.05, 0) is 37.5 Å². The van der Waals surface area contributed by atoms with Gasteiger partial charge in [0.25, 0.3) is 11.8 Å². The number of carbonyl (C=O) groups is 2. The van der Waals surface area contributed by atoms with E-state index >= 15 is 0 Å². The number of anilines is 1. The first-order valence-electron chi connectivity index (χ1n) is 5.38. The molecule has 2 N–H and O–H groups in total. The minimum Gasteiger partial charge on any atom is -0.398 e. The van der Waals surface area contributed by atoms with Crippen LogP contribution in [-0.2, 0) is 0 Å². The molecule has 16 heavy (non-hydrogen) atoms. The lowest BCUT2D eigenvalue weighted by molar-refractivity contribution is 0.0642. The Kier molecular flexibility index (Phi) is 1.67. The molecule has 2 aliphatic rings. The Morgan fingerprint density at radius 3 is 2.56 bits per heavy atom. The summed E-state index contributed by atoms with van der Waals surface area (Å²) in [6.45, 7) is 1.79. The van der Waals surface area contributed by atoms with Crippen LogP contribution in [0.15, 0.2) is 12.1 Å². The number of rotatable bonds is 1. The Hall–Kier alpha value is -1.84. The standard InChI is InChI=1S/C12H12N2O2/c1-6-9(13)5-4-8-10(6)12(16)14(11(8)15)7-2-3-7/h4-5,7H,2-3,13H2,1H3. The molecule has 0 aromatic heterocycles. The topological polar surface area (TPSA) is 63.4 Å². The van der Waals surface area contributed by atoms with Crippen molar-refractivity contribution in [3.63, 3.8) is 0 Å². The minimum absolute atomic E-state index is 0.119. The van der Waals surface area contributed by atoms with E-state index in [0.29, 0.717) is 16.8 Å². The summed E-state index contributed by atoms with van der Waals surface area (Å²) in [6, 6.07) is 3.46. The number of hydrogen-bond donors (Lipinski definition) is 1. The van der Waals surface area contributed by atoms with Crippen molar-refractivity contribution in [1.29, 1.82) is 0 Å². The van der Waals surface area contributed by atoms with Gasteiger partial charge in [0.15, 0.2) is 0 Å². The van der Waals surface area contributed by atoms with Crippen LogP contribution in [0.2, 0.25) is 0 Å². The van der Waals surface area contributed by atoms with E-state index in [0.717, 1.165) is 18.4 Å². The van der Waals surface area contributed by atoms with Gasteiger partial charge in [-0.25, -0.2) is 0 Å². The highest BCUT2D eigenvalue weighted by molar-refractivity contribution is 6.22. The van der Waals surface area contributed by atoms with Crippen molar-refractivity contribution in [2.24, 2.45) is 0 Å². The second-order valence-electron chi connectivity index (χ2n) is 4.41. The third-order valence-corrected chi connectivity index (χ3v) is 3.30. The molecule has 1 aliphatic heterocycles. The average Bonchev–Trinajstić information content (AvgIpc) is 3.02. The smallest absolute Gasteiger partial charge is 0.262 e.